The molecule has 0 saturated heterocycles. The van der Waals surface area contributed by atoms with Gasteiger partial charge in [0.25, 0.3) is 0 Å². The second-order valence-electron chi connectivity index (χ2n) is 6.71. The number of benzene rings is 2. The van der Waals surface area contributed by atoms with Crippen LogP contribution in [0.1, 0.15) is 29.3 Å². The van der Waals surface area contributed by atoms with Crippen molar-refractivity contribution in [3.8, 4) is 0 Å². The van der Waals surface area contributed by atoms with Gasteiger partial charge in [0.05, 0.1) is 5.69 Å². The van der Waals surface area contributed by atoms with Gasteiger partial charge in [-0.3, -0.25) is 4.98 Å². The summed E-state index contributed by atoms with van der Waals surface area (Å²) in [6.45, 7) is 2.16. The molecule has 2 aliphatic carbocycles. The SMILES string of the molecule is CCc1ccc(C2=c3ccc4c5c(ccc4c3C=C2)=CC=CC5)nc1. The van der Waals surface area contributed by atoms with Gasteiger partial charge in [0.2, 0.25) is 0 Å². The molecule has 0 aliphatic heterocycles. The molecule has 2 aliphatic rings. The van der Waals surface area contributed by atoms with E-state index in [1.54, 1.807) is 0 Å². The summed E-state index contributed by atoms with van der Waals surface area (Å²) in [4.78, 5) is 4.68. The van der Waals surface area contributed by atoms with Crippen LogP contribution in [0.5, 0.6) is 0 Å². The van der Waals surface area contributed by atoms with Gasteiger partial charge in [-0.05, 0) is 56.8 Å². The van der Waals surface area contributed by atoms with E-state index in [0.717, 1.165) is 18.5 Å². The van der Waals surface area contributed by atoms with Crippen molar-refractivity contribution in [3.63, 3.8) is 0 Å². The van der Waals surface area contributed by atoms with E-state index >= 15 is 0 Å². The van der Waals surface area contributed by atoms with Crippen LogP contribution in [0, 0.1) is 0 Å². The summed E-state index contributed by atoms with van der Waals surface area (Å²) >= 11 is 0. The number of rotatable bonds is 2. The van der Waals surface area contributed by atoms with E-state index in [-0.39, 0.29) is 0 Å². The first-order chi connectivity index (χ1) is 12.3. The van der Waals surface area contributed by atoms with Gasteiger partial charge >= 0.3 is 0 Å². The van der Waals surface area contributed by atoms with Gasteiger partial charge < -0.3 is 0 Å². The van der Waals surface area contributed by atoms with Crippen LogP contribution in [0.15, 0.2) is 60.8 Å². The summed E-state index contributed by atoms with van der Waals surface area (Å²) in [7, 11) is 0. The number of aromatic nitrogens is 1. The molecule has 3 aromatic rings. The summed E-state index contributed by atoms with van der Waals surface area (Å²) in [6.07, 6.45) is 15.1. The summed E-state index contributed by atoms with van der Waals surface area (Å²) in [5.74, 6) is 0. The Bertz CT molecular complexity index is 1180. The lowest BCUT2D eigenvalue weighted by Crippen LogP contribution is -2.14. The molecule has 120 valence electrons. The molecule has 1 heteroatoms. The molecule has 5 rings (SSSR count). The zero-order valence-corrected chi connectivity index (χ0v) is 14.3. The van der Waals surface area contributed by atoms with Crippen LogP contribution in [0.2, 0.25) is 0 Å². The third-order valence-corrected chi connectivity index (χ3v) is 5.34. The molecule has 0 saturated carbocycles. The summed E-state index contributed by atoms with van der Waals surface area (Å²) < 4.78 is 0. The second-order valence-corrected chi connectivity index (χ2v) is 6.71. The molecule has 1 aromatic heterocycles. The number of fused-ring (bicyclic) bond motifs is 5. The Kier molecular flexibility index (Phi) is 3.21. The minimum atomic E-state index is 1.02. The molecule has 0 spiro atoms. The lowest BCUT2D eigenvalue weighted by Gasteiger charge is -2.11. The third kappa shape index (κ3) is 2.20. The van der Waals surface area contributed by atoms with Gasteiger partial charge in [0, 0.05) is 11.8 Å². The van der Waals surface area contributed by atoms with Crippen molar-refractivity contribution in [2.45, 2.75) is 19.8 Å². The predicted molar refractivity (Wildman–Crippen MR) is 106 cm³/mol. The van der Waals surface area contributed by atoms with Gasteiger partial charge in [-0.1, -0.05) is 67.6 Å². The highest BCUT2D eigenvalue weighted by atomic mass is 14.7. The van der Waals surface area contributed by atoms with Crippen LogP contribution in [0.3, 0.4) is 0 Å². The molecule has 0 atom stereocenters. The number of allylic oxidation sites excluding steroid dienone is 3. The largest absolute Gasteiger partial charge is 0.256 e. The average molecular weight is 321 g/mol. The van der Waals surface area contributed by atoms with E-state index in [9.17, 15) is 0 Å². The predicted octanol–water partition coefficient (Wildman–Crippen LogP) is 3.92. The summed E-state index contributed by atoms with van der Waals surface area (Å²) in [5.41, 5.74) is 6.33. The quantitative estimate of drug-likeness (QED) is 0.697. The van der Waals surface area contributed by atoms with Crippen LogP contribution >= 0.6 is 0 Å². The molecule has 0 fully saturated rings. The third-order valence-electron chi connectivity index (χ3n) is 5.34. The standard InChI is InChI=1S/C24H19N/c1-2-16-7-14-24(25-15-16)23-13-12-21-20-9-8-17-5-3-4-6-18(17)19(20)10-11-22(21)23/h3-5,7-15H,2,6H2,1H3. The second kappa shape index (κ2) is 5.56. The normalized spacial score (nSPS) is 14.5. The Hall–Kier alpha value is -2.93. The molecule has 1 heterocycles. The van der Waals surface area contributed by atoms with E-state index in [0.29, 0.717) is 0 Å². The molecule has 0 N–H and O–H groups in total. The van der Waals surface area contributed by atoms with Crippen molar-refractivity contribution in [2.75, 3.05) is 0 Å². The van der Waals surface area contributed by atoms with Crippen molar-refractivity contribution >= 4 is 28.5 Å². The van der Waals surface area contributed by atoms with Crippen molar-refractivity contribution in [1.82, 2.24) is 4.98 Å². The van der Waals surface area contributed by atoms with E-state index < -0.39 is 0 Å². The van der Waals surface area contributed by atoms with Crippen molar-refractivity contribution in [1.29, 1.82) is 0 Å². The molecule has 0 amide bonds. The fourth-order valence-corrected chi connectivity index (χ4v) is 3.94. The molecular weight excluding hydrogens is 302 g/mol. The topological polar surface area (TPSA) is 12.9 Å². The Morgan fingerprint density at radius 1 is 0.960 bits per heavy atom. The van der Waals surface area contributed by atoms with Crippen molar-refractivity contribution in [3.05, 3.63) is 93.6 Å². The molecular formula is C24H19N. The fraction of sp³-hybridized carbons (Fsp3) is 0.125. The average Bonchev–Trinajstić information content (AvgIpc) is 3.12. The van der Waals surface area contributed by atoms with Crippen LogP contribution < -0.4 is 10.4 Å². The van der Waals surface area contributed by atoms with Crippen molar-refractivity contribution < 1.29 is 0 Å². The highest BCUT2D eigenvalue weighted by Crippen LogP contribution is 2.26. The Morgan fingerprint density at radius 3 is 2.72 bits per heavy atom. The lowest BCUT2D eigenvalue weighted by molar-refractivity contribution is 1.10. The number of pyridine rings is 1. The van der Waals surface area contributed by atoms with Gasteiger partial charge in [-0.2, -0.15) is 0 Å². The maximum atomic E-state index is 4.68. The van der Waals surface area contributed by atoms with Gasteiger partial charge in [0.15, 0.2) is 0 Å². The van der Waals surface area contributed by atoms with Crippen LogP contribution in [-0.4, -0.2) is 4.98 Å². The smallest absolute Gasteiger partial charge is 0.0708 e. The Morgan fingerprint density at radius 2 is 1.88 bits per heavy atom. The number of aryl methyl sites for hydroxylation is 1. The maximum absolute atomic E-state index is 4.68. The number of hydrogen-bond acceptors (Lipinski definition) is 1. The fourth-order valence-electron chi connectivity index (χ4n) is 3.94. The van der Waals surface area contributed by atoms with Crippen LogP contribution in [-0.2, 0) is 12.8 Å². The summed E-state index contributed by atoms with van der Waals surface area (Å²) in [5, 5.41) is 5.35. The number of hydrogen-bond donors (Lipinski definition) is 0. The minimum absolute atomic E-state index is 1.02. The summed E-state index contributed by atoms with van der Waals surface area (Å²) in [6, 6.07) is 13.4. The van der Waals surface area contributed by atoms with E-state index in [4.69, 9.17) is 0 Å². The minimum Gasteiger partial charge on any atom is -0.256 e. The van der Waals surface area contributed by atoms with E-state index in [2.05, 4.69) is 78.7 Å². The highest BCUT2D eigenvalue weighted by molar-refractivity contribution is 5.98. The maximum Gasteiger partial charge on any atom is 0.0708 e. The van der Waals surface area contributed by atoms with E-state index in [1.165, 1.54) is 43.5 Å². The molecule has 25 heavy (non-hydrogen) atoms. The van der Waals surface area contributed by atoms with Gasteiger partial charge in [-0.15, -0.1) is 0 Å². The van der Waals surface area contributed by atoms with Crippen molar-refractivity contribution in [2.24, 2.45) is 0 Å². The number of nitrogens with zero attached hydrogens (tertiary/aromatic N) is 1. The lowest BCUT2D eigenvalue weighted by atomic mass is 9.94. The van der Waals surface area contributed by atoms with Gasteiger partial charge in [0.1, 0.15) is 0 Å². The van der Waals surface area contributed by atoms with Crippen LogP contribution in [0.25, 0.3) is 28.5 Å². The molecule has 0 bridgehead atoms. The highest BCUT2D eigenvalue weighted by Gasteiger charge is 2.14. The van der Waals surface area contributed by atoms with Gasteiger partial charge in [-0.25, -0.2) is 0 Å². The Labute approximate surface area is 147 Å². The first-order valence-electron chi connectivity index (χ1n) is 8.94. The first-order valence-corrected chi connectivity index (χ1v) is 8.94. The zero-order chi connectivity index (χ0) is 16.8. The Balaban J connectivity index is 1.76. The molecule has 1 nitrogen and oxygen atoms in total. The van der Waals surface area contributed by atoms with E-state index in [1.807, 2.05) is 6.20 Å². The van der Waals surface area contributed by atoms with Crippen LogP contribution in [0.4, 0.5) is 0 Å². The molecule has 0 unspecified atom stereocenters. The molecule has 2 aromatic carbocycles. The molecule has 0 radical (unpaired) electrons. The zero-order valence-electron chi connectivity index (χ0n) is 14.3. The monoisotopic (exact) mass is 321 g/mol. The first kappa shape index (κ1) is 14.4.